The van der Waals surface area contributed by atoms with E-state index in [-0.39, 0.29) is 17.7 Å². The molecule has 0 heterocycles. The van der Waals surface area contributed by atoms with Crippen LogP contribution in [-0.4, -0.2) is 25.0 Å². The molecule has 0 aliphatic heterocycles. The van der Waals surface area contributed by atoms with Crippen molar-refractivity contribution >= 4 is 31.9 Å². The molecule has 0 amide bonds. The van der Waals surface area contributed by atoms with Crippen LogP contribution in [0, 0.1) is 6.92 Å². The first kappa shape index (κ1) is 17.1. The first-order chi connectivity index (χ1) is 9.05. The number of nitrogens with one attached hydrogen (secondary N) is 1. The van der Waals surface area contributed by atoms with Crippen LogP contribution in [0.1, 0.15) is 32.3 Å². The van der Waals surface area contributed by atoms with Crippen molar-refractivity contribution in [3.63, 3.8) is 0 Å². The SMILES string of the molecule is Cc1cccc(S(=O)(=O)NC(C)(C)CCC(=O)O)c1Br. The molecule has 0 atom stereocenters. The van der Waals surface area contributed by atoms with Gasteiger partial charge in [0.15, 0.2) is 0 Å². The molecule has 0 unspecified atom stereocenters. The summed E-state index contributed by atoms with van der Waals surface area (Å²) < 4.78 is 27.8. The highest BCUT2D eigenvalue weighted by atomic mass is 79.9. The van der Waals surface area contributed by atoms with E-state index in [1.807, 2.05) is 0 Å². The van der Waals surface area contributed by atoms with Crippen molar-refractivity contribution < 1.29 is 18.3 Å². The van der Waals surface area contributed by atoms with E-state index in [0.717, 1.165) is 5.56 Å². The molecule has 0 fully saturated rings. The van der Waals surface area contributed by atoms with Crippen molar-refractivity contribution in [2.75, 3.05) is 0 Å². The maximum absolute atomic E-state index is 12.4. The van der Waals surface area contributed by atoms with E-state index in [0.29, 0.717) is 4.47 Å². The quantitative estimate of drug-likeness (QED) is 0.813. The fourth-order valence-electron chi connectivity index (χ4n) is 1.72. The number of sulfonamides is 1. The summed E-state index contributed by atoms with van der Waals surface area (Å²) in [5.41, 5.74) is -0.0170. The molecule has 0 aliphatic rings. The fourth-order valence-corrected chi connectivity index (χ4v) is 4.22. The standard InChI is InChI=1S/C13H18BrNO4S/c1-9-5-4-6-10(12(9)14)20(18,19)15-13(2,3)8-7-11(16)17/h4-6,15H,7-8H2,1-3H3,(H,16,17). The van der Waals surface area contributed by atoms with Gasteiger partial charge in [-0.1, -0.05) is 12.1 Å². The zero-order chi connectivity index (χ0) is 15.6. The third kappa shape index (κ3) is 4.57. The van der Waals surface area contributed by atoms with Crippen LogP contribution in [0.4, 0.5) is 0 Å². The lowest BCUT2D eigenvalue weighted by Gasteiger charge is -2.25. The van der Waals surface area contributed by atoms with E-state index >= 15 is 0 Å². The van der Waals surface area contributed by atoms with Crippen LogP contribution in [-0.2, 0) is 14.8 Å². The molecule has 0 aromatic heterocycles. The lowest BCUT2D eigenvalue weighted by molar-refractivity contribution is -0.137. The molecule has 20 heavy (non-hydrogen) atoms. The first-order valence-electron chi connectivity index (χ1n) is 6.06. The highest BCUT2D eigenvalue weighted by molar-refractivity contribution is 9.10. The first-order valence-corrected chi connectivity index (χ1v) is 8.34. The van der Waals surface area contributed by atoms with Crippen molar-refractivity contribution in [3.8, 4) is 0 Å². The van der Waals surface area contributed by atoms with Gasteiger partial charge in [-0.15, -0.1) is 0 Å². The fraction of sp³-hybridized carbons (Fsp3) is 0.462. The van der Waals surface area contributed by atoms with Gasteiger partial charge in [-0.05, 0) is 54.8 Å². The Labute approximate surface area is 127 Å². The third-order valence-electron chi connectivity index (χ3n) is 2.82. The molecule has 5 nitrogen and oxygen atoms in total. The minimum atomic E-state index is -3.71. The van der Waals surface area contributed by atoms with Crippen LogP contribution in [0.25, 0.3) is 0 Å². The number of aliphatic carboxylic acids is 1. The van der Waals surface area contributed by atoms with Crippen LogP contribution in [0.2, 0.25) is 0 Å². The molecule has 0 radical (unpaired) electrons. The molecule has 112 valence electrons. The molecule has 0 saturated carbocycles. The summed E-state index contributed by atoms with van der Waals surface area (Å²) in [6.45, 7) is 5.13. The number of carboxylic acids is 1. The number of hydrogen-bond donors (Lipinski definition) is 2. The average Bonchev–Trinajstić information content (AvgIpc) is 2.29. The minimum absolute atomic E-state index is 0.0928. The van der Waals surface area contributed by atoms with E-state index in [4.69, 9.17) is 5.11 Å². The lowest BCUT2D eigenvalue weighted by atomic mass is 10.0. The Morgan fingerprint density at radius 3 is 2.55 bits per heavy atom. The van der Waals surface area contributed by atoms with Gasteiger partial charge in [0, 0.05) is 16.4 Å². The minimum Gasteiger partial charge on any atom is -0.481 e. The molecule has 7 heteroatoms. The second-order valence-corrected chi connectivity index (χ2v) is 7.71. The Balaban J connectivity index is 3.00. The van der Waals surface area contributed by atoms with Gasteiger partial charge in [0.1, 0.15) is 0 Å². The zero-order valence-electron chi connectivity index (χ0n) is 11.6. The Morgan fingerprint density at radius 2 is 2.00 bits per heavy atom. The normalized spacial score (nSPS) is 12.4. The molecular weight excluding hydrogens is 346 g/mol. The predicted octanol–water partition coefficient (Wildman–Crippen LogP) is 2.68. The van der Waals surface area contributed by atoms with Crippen LogP contribution in [0.3, 0.4) is 0 Å². The van der Waals surface area contributed by atoms with E-state index in [9.17, 15) is 13.2 Å². The summed E-state index contributed by atoms with van der Waals surface area (Å²) in [5, 5.41) is 8.69. The predicted molar refractivity (Wildman–Crippen MR) is 80.1 cm³/mol. The maximum atomic E-state index is 12.4. The molecule has 0 spiro atoms. The maximum Gasteiger partial charge on any atom is 0.303 e. The van der Waals surface area contributed by atoms with Gasteiger partial charge in [0.05, 0.1) is 4.90 Å². The molecule has 0 aliphatic carbocycles. The van der Waals surface area contributed by atoms with Gasteiger partial charge >= 0.3 is 5.97 Å². The Bertz CT molecular complexity index is 611. The topological polar surface area (TPSA) is 83.5 Å². The highest BCUT2D eigenvalue weighted by Gasteiger charge is 2.28. The highest BCUT2D eigenvalue weighted by Crippen LogP contribution is 2.26. The van der Waals surface area contributed by atoms with Crippen LogP contribution >= 0.6 is 15.9 Å². The second-order valence-electron chi connectivity index (χ2n) is 5.27. The molecule has 1 aromatic rings. The number of carbonyl (C=O) groups is 1. The van der Waals surface area contributed by atoms with Gasteiger partial charge in [-0.2, -0.15) is 0 Å². The molecule has 0 bridgehead atoms. The second kappa shape index (κ2) is 6.24. The van der Waals surface area contributed by atoms with Crippen LogP contribution in [0.15, 0.2) is 27.6 Å². The number of hydrogen-bond acceptors (Lipinski definition) is 3. The number of carboxylic acid groups (broad SMARTS) is 1. The van der Waals surface area contributed by atoms with Crippen LogP contribution < -0.4 is 4.72 Å². The number of benzene rings is 1. The molecule has 1 aromatic carbocycles. The van der Waals surface area contributed by atoms with Crippen molar-refractivity contribution in [3.05, 3.63) is 28.2 Å². The number of rotatable bonds is 6. The van der Waals surface area contributed by atoms with E-state index in [1.54, 1.807) is 32.9 Å². The monoisotopic (exact) mass is 363 g/mol. The van der Waals surface area contributed by atoms with E-state index < -0.39 is 21.5 Å². The van der Waals surface area contributed by atoms with Gasteiger partial charge in [0.2, 0.25) is 10.0 Å². The van der Waals surface area contributed by atoms with Crippen molar-refractivity contribution in [2.24, 2.45) is 0 Å². The van der Waals surface area contributed by atoms with E-state index in [2.05, 4.69) is 20.7 Å². The Kier molecular flexibility index (Phi) is 5.34. The third-order valence-corrected chi connectivity index (χ3v) is 5.88. The number of halogens is 1. The zero-order valence-corrected chi connectivity index (χ0v) is 14.0. The molecular formula is C13H18BrNO4S. The summed E-state index contributed by atoms with van der Waals surface area (Å²) in [6, 6.07) is 4.98. The summed E-state index contributed by atoms with van der Waals surface area (Å²) in [4.78, 5) is 10.7. The molecule has 1 rings (SSSR count). The summed E-state index contributed by atoms with van der Waals surface area (Å²) in [5.74, 6) is -0.950. The van der Waals surface area contributed by atoms with E-state index in [1.165, 1.54) is 6.07 Å². The average molecular weight is 364 g/mol. The van der Waals surface area contributed by atoms with Gasteiger partial charge < -0.3 is 5.11 Å². The summed E-state index contributed by atoms with van der Waals surface area (Å²) >= 11 is 3.27. The van der Waals surface area contributed by atoms with Gasteiger partial charge in [0.25, 0.3) is 0 Å². The number of aryl methyl sites for hydroxylation is 1. The molecule has 2 N–H and O–H groups in total. The van der Waals surface area contributed by atoms with Gasteiger partial charge in [-0.25, -0.2) is 13.1 Å². The largest absolute Gasteiger partial charge is 0.481 e. The lowest BCUT2D eigenvalue weighted by Crippen LogP contribution is -2.43. The smallest absolute Gasteiger partial charge is 0.303 e. The van der Waals surface area contributed by atoms with Crippen molar-refractivity contribution in [1.29, 1.82) is 0 Å². The van der Waals surface area contributed by atoms with Crippen molar-refractivity contribution in [1.82, 2.24) is 4.72 Å². The summed E-state index contributed by atoms with van der Waals surface area (Å²) in [6.07, 6.45) is 0.121. The summed E-state index contributed by atoms with van der Waals surface area (Å²) in [7, 11) is -3.71. The van der Waals surface area contributed by atoms with Gasteiger partial charge in [-0.3, -0.25) is 4.79 Å². The Hall–Kier alpha value is -0.920. The van der Waals surface area contributed by atoms with Crippen LogP contribution in [0.5, 0.6) is 0 Å². The van der Waals surface area contributed by atoms with Crippen molar-refractivity contribution in [2.45, 2.75) is 44.0 Å². The molecule has 0 saturated heterocycles. The Morgan fingerprint density at radius 1 is 1.40 bits per heavy atom.